The van der Waals surface area contributed by atoms with Crippen LogP contribution in [0.15, 0.2) is 23.0 Å². The maximum Gasteiger partial charge on any atom is 0.372 e. The lowest BCUT2D eigenvalue weighted by Gasteiger charge is -2.19. The topological polar surface area (TPSA) is 121 Å². The Hall–Kier alpha value is -2.75. The number of methoxy groups -OCH3 is 1. The van der Waals surface area contributed by atoms with E-state index in [4.69, 9.17) is 9.84 Å². The van der Waals surface area contributed by atoms with Crippen molar-refractivity contribution in [3.05, 3.63) is 61.5 Å². The van der Waals surface area contributed by atoms with Crippen LogP contribution in [0.4, 0.5) is 0 Å². The fraction of sp³-hybridized carbons (Fsp3) is 0.333. The lowest BCUT2D eigenvalue weighted by molar-refractivity contribution is 0.0598. The first-order chi connectivity index (χ1) is 14.5. The number of aromatic nitrogens is 2. The van der Waals surface area contributed by atoms with Crippen LogP contribution in [0, 0.1) is 0 Å². The zero-order valence-electron chi connectivity index (χ0n) is 16.8. The van der Waals surface area contributed by atoms with E-state index in [1.807, 2.05) is 12.1 Å². The highest BCUT2D eigenvalue weighted by Crippen LogP contribution is 2.34. The Morgan fingerprint density at radius 3 is 2.74 bits per heavy atom. The number of carboxylic acids is 1. The van der Waals surface area contributed by atoms with Gasteiger partial charge in [0.25, 0.3) is 5.56 Å². The minimum atomic E-state index is -1.20. The zero-order chi connectivity index (χ0) is 21.3. The predicted octanol–water partition coefficient (Wildman–Crippen LogP) is 2.71. The number of carbonyl (C=O) groups is 2. The van der Waals surface area contributed by atoms with Crippen molar-refractivity contribution in [1.82, 2.24) is 15.3 Å². The molecule has 0 unspecified atom stereocenters. The number of nitrogens with zero attached hydrogens (tertiary/aromatic N) is 1. The van der Waals surface area contributed by atoms with E-state index in [9.17, 15) is 14.4 Å². The minimum absolute atomic E-state index is 0. The van der Waals surface area contributed by atoms with Gasteiger partial charge in [0.1, 0.15) is 4.83 Å². The van der Waals surface area contributed by atoms with Gasteiger partial charge in [-0.05, 0) is 55.0 Å². The van der Waals surface area contributed by atoms with Gasteiger partial charge in [-0.15, -0.1) is 23.7 Å². The molecule has 0 radical (unpaired) electrons. The van der Waals surface area contributed by atoms with Gasteiger partial charge < -0.3 is 20.1 Å². The van der Waals surface area contributed by atoms with Crippen LogP contribution in [0.2, 0.25) is 0 Å². The van der Waals surface area contributed by atoms with Gasteiger partial charge in [-0.1, -0.05) is 12.1 Å². The minimum Gasteiger partial charge on any atom is -0.475 e. The number of carbonyl (C=O) groups excluding carboxylic acids is 1. The molecule has 0 atom stereocenters. The first-order valence-electron chi connectivity index (χ1n) is 9.67. The van der Waals surface area contributed by atoms with Crippen molar-refractivity contribution >= 4 is 45.9 Å². The van der Waals surface area contributed by atoms with Crippen LogP contribution < -0.4 is 10.9 Å². The number of thiophene rings is 1. The standard InChI is InChI=1S/C11H13NO2.C10H8N2O3S.ClH/c1-14-11(13)9-4-2-3-8-5-6-12-7-10(8)9;13-8-6-4-2-1-3-5(4)16-9(6)12-7(11-8)10(14)15;/h2-4,12H,5-7H2,1H3;1-3H2,(H,14,15)(H,11,12,13);1H. The summed E-state index contributed by atoms with van der Waals surface area (Å²) >= 11 is 1.44. The van der Waals surface area contributed by atoms with Crippen molar-refractivity contribution in [3.63, 3.8) is 0 Å². The number of aryl methyl sites for hydroxylation is 2. The molecule has 0 bridgehead atoms. The number of rotatable bonds is 2. The fourth-order valence-electron chi connectivity index (χ4n) is 3.92. The maximum absolute atomic E-state index is 11.8. The highest BCUT2D eigenvalue weighted by atomic mass is 35.5. The summed E-state index contributed by atoms with van der Waals surface area (Å²) in [5, 5.41) is 12.6. The molecule has 3 N–H and O–H groups in total. The summed E-state index contributed by atoms with van der Waals surface area (Å²) in [7, 11) is 1.41. The van der Waals surface area contributed by atoms with Gasteiger partial charge in [-0.3, -0.25) is 4.79 Å². The van der Waals surface area contributed by atoms with E-state index in [1.165, 1.54) is 28.9 Å². The Morgan fingerprint density at radius 1 is 1.19 bits per heavy atom. The first-order valence-corrected chi connectivity index (χ1v) is 10.5. The van der Waals surface area contributed by atoms with E-state index in [1.54, 1.807) is 0 Å². The number of halogens is 1. The predicted molar refractivity (Wildman–Crippen MR) is 120 cm³/mol. The molecule has 5 rings (SSSR count). The summed E-state index contributed by atoms with van der Waals surface area (Å²) in [6, 6.07) is 5.80. The van der Waals surface area contributed by atoms with Gasteiger partial charge in [-0.25, -0.2) is 14.6 Å². The maximum atomic E-state index is 11.8. The normalized spacial score (nSPS) is 14.0. The van der Waals surface area contributed by atoms with Crippen LogP contribution in [-0.4, -0.2) is 40.7 Å². The monoisotopic (exact) mass is 463 g/mol. The van der Waals surface area contributed by atoms with E-state index in [-0.39, 0.29) is 29.8 Å². The van der Waals surface area contributed by atoms with Crippen LogP contribution in [0.25, 0.3) is 10.2 Å². The molecule has 1 aliphatic carbocycles. The molecule has 2 aromatic heterocycles. The number of esters is 1. The van der Waals surface area contributed by atoms with E-state index < -0.39 is 5.97 Å². The summed E-state index contributed by atoms with van der Waals surface area (Å²) in [4.78, 5) is 41.9. The second-order valence-electron chi connectivity index (χ2n) is 7.12. The summed E-state index contributed by atoms with van der Waals surface area (Å²) in [5.41, 5.74) is 3.77. The third kappa shape index (κ3) is 4.48. The van der Waals surface area contributed by atoms with Crippen molar-refractivity contribution in [3.8, 4) is 0 Å². The molecule has 2 aliphatic rings. The number of benzene rings is 1. The molecule has 1 aromatic carbocycles. The number of carboxylic acid groups (broad SMARTS) is 1. The summed E-state index contributed by atoms with van der Waals surface area (Å²) < 4.78 is 4.74. The lowest BCUT2D eigenvalue weighted by Crippen LogP contribution is -2.25. The Labute approximate surface area is 188 Å². The Balaban J connectivity index is 0.000000172. The fourth-order valence-corrected chi connectivity index (χ4v) is 5.18. The van der Waals surface area contributed by atoms with Crippen molar-refractivity contribution in [2.45, 2.75) is 32.2 Å². The van der Waals surface area contributed by atoms with Gasteiger partial charge in [0.15, 0.2) is 0 Å². The third-order valence-corrected chi connectivity index (χ3v) is 6.51. The van der Waals surface area contributed by atoms with Crippen LogP contribution in [0.5, 0.6) is 0 Å². The molecule has 164 valence electrons. The molecular formula is C21H22ClN3O5S. The van der Waals surface area contributed by atoms with E-state index in [2.05, 4.69) is 21.4 Å². The SMILES string of the molecule is COC(=O)c1cccc2c1CNCC2.Cl.O=C(O)c1nc2sc3c(c2c(=O)[nH]1)CCC3. The highest BCUT2D eigenvalue weighted by Gasteiger charge is 2.22. The molecule has 10 heteroatoms. The number of ether oxygens (including phenoxy) is 1. The molecule has 0 fully saturated rings. The zero-order valence-corrected chi connectivity index (χ0v) is 18.5. The van der Waals surface area contributed by atoms with Gasteiger partial charge in [-0.2, -0.15) is 0 Å². The first kappa shape index (κ1) is 22.9. The van der Waals surface area contributed by atoms with Crippen LogP contribution in [0.1, 0.15) is 49.0 Å². The van der Waals surface area contributed by atoms with E-state index in [0.717, 1.165) is 49.9 Å². The highest BCUT2D eigenvalue weighted by molar-refractivity contribution is 7.18. The lowest BCUT2D eigenvalue weighted by atomic mass is 9.96. The summed E-state index contributed by atoms with van der Waals surface area (Å²) in [6.07, 6.45) is 3.92. The number of nitrogens with one attached hydrogen (secondary N) is 2. The summed E-state index contributed by atoms with van der Waals surface area (Å²) in [6.45, 7) is 1.75. The van der Waals surface area contributed by atoms with E-state index >= 15 is 0 Å². The number of aromatic amines is 1. The van der Waals surface area contributed by atoms with Crippen LogP contribution in [-0.2, 0) is 30.5 Å². The molecule has 0 spiro atoms. The van der Waals surface area contributed by atoms with Crippen molar-refractivity contribution in [2.24, 2.45) is 0 Å². The van der Waals surface area contributed by atoms with Gasteiger partial charge in [0, 0.05) is 11.4 Å². The van der Waals surface area contributed by atoms with Gasteiger partial charge in [0.2, 0.25) is 5.82 Å². The molecule has 1 aliphatic heterocycles. The molecule has 3 heterocycles. The van der Waals surface area contributed by atoms with Crippen LogP contribution in [0.3, 0.4) is 0 Å². The Kier molecular flexibility index (Phi) is 7.09. The van der Waals surface area contributed by atoms with Crippen LogP contribution >= 0.6 is 23.7 Å². The van der Waals surface area contributed by atoms with Crippen molar-refractivity contribution in [2.75, 3.05) is 13.7 Å². The van der Waals surface area contributed by atoms with Gasteiger partial charge in [0.05, 0.1) is 18.1 Å². The average Bonchev–Trinajstić information content (AvgIpc) is 3.34. The third-order valence-electron chi connectivity index (χ3n) is 5.33. The second-order valence-corrected chi connectivity index (χ2v) is 8.20. The largest absolute Gasteiger partial charge is 0.475 e. The summed E-state index contributed by atoms with van der Waals surface area (Å²) in [5.74, 6) is -1.73. The second kappa shape index (κ2) is 9.59. The molecule has 31 heavy (non-hydrogen) atoms. The molecule has 8 nitrogen and oxygen atoms in total. The molecule has 0 saturated carbocycles. The number of H-pyrrole nitrogens is 1. The van der Waals surface area contributed by atoms with Gasteiger partial charge >= 0.3 is 11.9 Å². The smallest absolute Gasteiger partial charge is 0.372 e. The molecule has 3 aromatic rings. The quantitative estimate of drug-likeness (QED) is 0.499. The van der Waals surface area contributed by atoms with Crippen molar-refractivity contribution in [1.29, 1.82) is 0 Å². The molecule has 0 saturated heterocycles. The average molecular weight is 464 g/mol. The number of fused-ring (bicyclic) bond motifs is 4. The number of aromatic carboxylic acids is 1. The van der Waals surface area contributed by atoms with E-state index in [0.29, 0.717) is 15.8 Å². The number of hydrogen-bond acceptors (Lipinski definition) is 7. The Morgan fingerprint density at radius 2 is 2.00 bits per heavy atom. The number of hydrogen-bond donors (Lipinski definition) is 3. The van der Waals surface area contributed by atoms with Crippen molar-refractivity contribution < 1.29 is 19.4 Å². The molecule has 0 amide bonds. The molecular weight excluding hydrogens is 442 g/mol. The Bertz CT molecular complexity index is 1200.